The molecule has 2 N–H and O–H groups in total. The van der Waals surface area contributed by atoms with Crippen molar-refractivity contribution in [2.75, 3.05) is 13.7 Å². The SMILES string of the molecule is CCC(Oc1ccc(CC(C)NCC(O)c2cccc(Cl)c2)cc1)C(=O)OC. The van der Waals surface area contributed by atoms with Crippen molar-refractivity contribution >= 4 is 17.6 Å². The van der Waals surface area contributed by atoms with Crippen LogP contribution in [0.5, 0.6) is 5.75 Å². The van der Waals surface area contributed by atoms with E-state index in [0.717, 1.165) is 17.5 Å². The number of aliphatic hydroxyl groups excluding tert-OH is 1. The number of benzene rings is 2. The van der Waals surface area contributed by atoms with E-state index in [1.54, 1.807) is 12.1 Å². The fourth-order valence-corrected chi connectivity index (χ4v) is 3.07. The van der Waals surface area contributed by atoms with Crippen molar-refractivity contribution in [2.24, 2.45) is 0 Å². The highest BCUT2D eigenvalue weighted by Crippen LogP contribution is 2.18. The number of methoxy groups -OCH3 is 1. The summed E-state index contributed by atoms with van der Waals surface area (Å²) in [6, 6.07) is 15.1. The zero-order valence-electron chi connectivity index (χ0n) is 16.5. The number of nitrogens with one attached hydrogen (secondary N) is 1. The van der Waals surface area contributed by atoms with Crippen LogP contribution in [-0.2, 0) is 16.0 Å². The second kappa shape index (κ2) is 11.1. The average molecular weight is 406 g/mol. The van der Waals surface area contributed by atoms with E-state index in [2.05, 4.69) is 12.2 Å². The van der Waals surface area contributed by atoms with Gasteiger partial charge in [-0.3, -0.25) is 0 Å². The second-order valence-corrected chi connectivity index (χ2v) is 7.20. The van der Waals surface area contributed by atoms with Crippen LogP contribution < -0.4 is 10.1 Å². The van der Waals surface area contributed by atoms with Gasteiger partial charge in [0, 0.05) is 17.6 Å². The number of aliphatic hydroxyl groups is 1. The predicted octanol–water partition coefficient (Wildman–Crippen LogP) is 3.92. The van der Waals surface area contributed by atoms with Crippen LogP contribution in [0.2, 0.25) is 5.02 Å². The third kappa shape index (κ3) is 6.82. The Morgan fingerprint density at radius 3 is 2.54 bits per heavy atom. The first-order valence-electron chi connectivity index (χ1n) is 9.43. The number of carbonyl (C=O) groups is 1. The van der Waals surface area contributed by atoms with Gasteiger partial charge in [-0.1, -0.05) is 42.8 Å². The summed E-state index contributed by atoms with van der Waals surface area (Å²) in [7, 11) is 1.36. The van der Waals surface area contributed by atoms with E-state index in [-0.39, 0.29) is 12.0 Å². The molecule has 2 aromatic carbocycles. The molecule has 28 heavy (non-hydrogen) atoms. The summed E-state index contributed by atoms with van der Waals surface area (Å²) >= 11 is 5.97. The molecule has 2 rings (SSSR count). The lowest BCUT2D eigenvalue weighted by Crippen LogP contribution is -2.32. The zero-order chi connectivity index (χ0) is 20.5. The molecule has 2 aromatic rings. The molecule has 0 aromatic heterocycles. The first kappa shape index (κ1) is 22.2. The highest BCUT2D eigenvalue weighted by molar-refractivity contribution is 6.30. The van der Waals surface area contributed by atoms with Gasteiger partial charge in [0.1, 0.15) is 5.75 Å². The van der Waals surface area contributed by atoms with E-state index < -0.39 is 12.2 Å². The van der Waals surface area contributed by atoms with Gasteiger partial charge in [-0.25, -0.2) is 4.79 Å². The summed E-state index contributed by atoms with van der Waals surface area (Å²) in [5, 5.41) is 14.3. The van der Waals surface area contributed by atoms with Crippen molar-refractivity contribution in [1.29, 1.82) is 0 Å². The minimum atomic E-state index is -0.610. The maximum Gasteiger partial charge on any atom is 0.347 e. The number of hydrogen-bond acceptors (Lipinski definition) is 5. The van der Waals surface area contributed by atoms with Gasteiger partial charge in [0.05, 0.1) is 13.2 Å². The minimum Gasteiger partial charge on any atom is -0.479 e. The monoisotopic (exact) mass is 405 g/mol. The first-order valence-corrected chi connectivity index (χ1v) is 9.81. The number of carbonyl (C=O) groups excluding carboxylic acids is 1. The molecule has 0 spiro atoms. The molecule has 3 atom stereocenters. The fourth-order valence-electron chi connectivity index (χ4n) is 2.87. The summed E-state index contributed by atoms with van der Waals surface area (Å²) in [6.07, 6.45) is 0.145. The van der Waals surface area contributed by atoms with Crippen LogP contribution >= 0.6 is 11.6 Å². The van der Waals surface area contributed by atoms with Gasteiger partial charge in [-0.05, 0) is 55.2 Å². The molecular formula is C22H28ClNO4. The quantitative estimate of drug-likeness (QED) is 0.586. The molecule has 0 amide bonds. The summed E-state index contributed by atoms with van der Waals surface area (Å²) < 4.78 is 10.4. The Morgan fingerprint density at radius 1 is 1.21 bits per heavy atom. The molecule has 0 aliphatic rings. The van der Waals surface area contributed by atoms with Crippen LogP contribution in [0.15, 0.2) is 48.5 Å². The van der Waals surface area contributed by atoms with Crippen LogP contribution in [0, 0.1) is 0 Å². The smallest absolute Gasteiger partial charge is 0.347 e. The van der Waals surface area contributed by atoms with Crippen molar-refractivity contribution in [1.82, 2.24) is 5.32 Å². The van der Waals surface area contributed by atoms with E-state index in [0.29, 0.717) is 23.7 Å². The molecule has 0 saturated carbocycles. The lowest BCUT2D eigenvalue weighted by molar-refractivity contribution is -0.148. The largest absolute Gasteiger partial charge is 0.479 e. The number of rotatable bonds is 10. The van der Waals surface area contributed by atoms with Crippen LogP contribution in [0.3, 0.4) is 0 Å². The molecular weight excluding hydrogens is 378 g/mol. The van der Waals surface area contributed by atoms with Gasteiger partial charge in [-0.15, -0.1) is 0 Å². The van der Waals surface area contributed by atoms with Crippen molar-refractivity contribution in [3.05, 3.63) is 64.7 Å². The van der Waals surface area contributed by atoms with E-state index in [9.17, 15) is 9.90 Å². The van der Waals surface area contributed by atoms with E-state index in [1.807, 2.05) is 43.3 Å². The highest BCUT2D eigenvalue weighted by atomic mass is 35.5. The maximum absolute atomic E-state index is 11.6. The standard InChI is InChI=1S/C22H28ClNO4/c1-4-21(22(26)27-3)28-19-10-8-16(9-11-19)12-15(2)24-14-20(25)17-6-5-7-18(23)13-17/h5-11,13,15,20-21,24-25H,4,12,14H2,1-3H3. The highest BCUT2D eigenvalue weighted by Gasteiger charge is 2.18. The van der Waals surface area contributed by atoms with Crippen molar-refractivity contribution < 1.29 is 19.4 Å². The number of ether oxygens (including phenoxy) is 2. The summed E-state index contributed by atoms with van der Waals surface area (Å²) in [4.78, 5) is 11.6. The Labute approximate surface area is 171 Å². The average Bonchev–Trinajstić information content (AvgIpc) is 2.70. The molecule has 0 aliphatic heterocycles. The third-order valence-corrected chi connectivity index (χ3v) is 4.71. The molecule has 0 radical (unpaired) electrons. The Kier molecular flexibility index (Phi) is 8.77. The number of hydrogen-bond donors (Lipinski definition) is 2. The molecule has 0 heterocycles. The normalized spacial score (nSPS) is 14.2. The van der Waals surface area contributed by atoms with Crippen LogP contribution in [0.4, 0.5) is 0 Å². The molecule has 3 unspecified atom stereocenters. The van der Waals surface area contributed by atoms with E-state index in [1.165, 1.54) is 7.11 Å². The molecule has 0 aliphatic carbocycles. The third-order valence-electron chi connectivity index (χ3n) is 4.47. The van der Waals surface area contributed by atoms with Crippen LogP contribution in [0.25, 0.3) is 0 Å². The molecule has 0 saturated heterocycles. The molecule has 152 valence electrons. The van der Waals surface area contributed by atoms with Crippen molar-refractivity contribution in [3.8, 4) is 5.75 Å². The fraction of sp³-hybridized carbons (Fsp3) is 0.409. The maximum atomic E-state index is 11.6. The zero-order valence-corrected chi connectivity index (χ0v) is 17.3. The van der Waals surface area contributed by atoms with Gasteiger partial charge >= 0.3 is 5.97 Å². The van der Waals surface area contributed by atoms with Crippen molar-refractivity contribution in [3.63, 3.8) is 0 Å². The van der Waals surface area contributed by atoms with Crippen LogP contribution in [-0.4, -0.2) is 36.9 Å². The number of esters is 1. The molecule has 0 bridgehead atoms. The topological polar surface area (TPSA) is 67.8 Å². The lowest BCUT2D eigenvalue weighted by atomic mass is 10.1. The molecule has 6 heteroatoms. The van der Waals surface area contributed by atoms with Gasteiger partial charge < -0.3 is 19.9 Å². The van der Waals surface area contributed by atoms with E-state index >= 15 is 0 Å². The lowest BCUT2D eigenvalue weighted by Gasteiger charge is -2.18. The van der Waals surface area contributed by atoms with Gasteiger partial charge in [0.2, 0.25) is 0 Å². The Bertz CT molecular complexity index is 750. The summed E-state index contributed by atoms with van der Waals surface area (Å²) in [5.74, 6) is 0.264. The first-order chi connectivity index (χ1) is 13.4. The Morgan fingerprint density at radius 2 is 1.93 bits per heavy atom. The minimum absolute atomic E-state index is 0.180. The van der Waals surface area contributed by atoms with Crippen molar-refractivity contribution in [2.45, 2.75) is 44.9 Å². The molecule has 0 fully saturated rings. The predicted molar refractivity (Wildman–Crippen MR) is 111 cm³/mol. The Hall–Kier alpha value is -2.08. The summed E-state index contributed by atoms with van der Waals surface area (Å²) in [6.45, 7) is 4.39. The van der Waals surface area contributed by atoms with Crippen LogP contribution in [0.1, 0.15) is 37.5 Å². The van der Waals surface area contributed by atoms with Gasteiger partial charge in [0.15, 0.2) is 6.10 Å². The van der Waals surface area contributed by atoms with E-state index in [4.69, 9.17) is 21.1 Å². The number of halogens is 1. The second-order valence-electron chi connectivity index (χ2n) is 6.77. The molecule has 5 nitrogen and oxygen atoms in total. The van der Waals surface area contributed by atoms with Gasteiger partial charge in [0.25, 0.3) is 0 Å². The Balaban J connectivity index is 1.83. The van der Waals surface area contributed by atoms with Gasteiger partial charge in [-0.2, -0.15) is 0 Å². The summed E-state index contributed by atoms with van der Waals surface area (Å²) in [5.41, 5.74) is 1.93.